The molecular weight excluding hydrogens is 320 g/mol. The number of carbonyl (C=O) groups excluding carboxylic acids is 1. The molecule has 25 heavy (non-hydrogen) atoms. The van der Waals surface area contributed by atoms with E-state index in [2.05, 4.69) is 20.0 Å². The Morgan fingerprint density at radius 1 is 1.28 bits per heavy atom. The maximum Gasteiger partial charge on any atom is 0.247 e. The largest absolute Gasteiger partial charge is 0.478 e. The topological polar surface area (TPSA) is 76.4 Å². The number of amides is 1. The van der Waals surface area contributed by atoms with Gasteiger partial charge in [-0.25, -0.2) is 4.98 Å². The lowest BCUT2D eigenvalue weighted by Crippen LogP contribution is -2.50. The molecule has 0 radical (unpaired) electrons. The van der Waals surface area contributed by atoms with Crippen molar-refractivity contribution in [1.82, 2.24) is 24.6 Å². The maximum atomic E-state index is 12.6. The van der Waals surface area contributed by atoms with Crippen LogP contribution in [0.1, 0.15) is 25.6 Å². The second-order valence-corrected chi connectivity index (χ2v) is 6.05. The minimum Gasteiger partial charge on any atom is -0.478 e. The number of anilines is 1. The highest BCUT2D eigenvalue weighted by Gasteiger charge is 2.27. The van der Waals surface area contributed by atoms with E-state index in [0.29, 0.717) is 44.6 Å². The number of nitrogens with zero attached hydrogens (tertiary/aromatic N) is 6. The quantitative estimate of drug-likeness (QED) is 0.813. The highest BCUT2D eigenvalue weighted by atomic mass is 16.5. The van der Waals surface area contributed by atoms with Gasteiger partial charge in [-0.05, 0) is 26.8 Å². The van der Waals surface area contributed by atoms with Gasteiger partial charge in [0.2, 0.25) is 17.7 Å². The summed E-state index contributed by atoms with van der Waals surface area (Å²) < 4.78 is 7.19. The number of hydrogen-bond acceptors (Lipinski definition) is 6. The third-order valence-corrected chi connectivity index (χ3v) is 4.26. The van der Waals surface area contributed by atoms with Crippen molar-refractivity contribution in [3.63, 3.8) is 0 Å². The molecule has 8 heteroatoms. The minimum atomic E-state index is -0.290. The van der Waals surface area contributed by atoms with Crippen molar-refractivity contribution in [1.29, 1.82) is 0 Å². The molecule has 1 saturated heterocycles. The normalized spacial score (nSPS) is 16.0. The molecule has 8 nitrogen and oxygen atoms in total. The van der Waals surface area contributed by atoms with Gasteiger partial charge >= 0.3 is 0 Å². The molecule has 2 aromatic heterocycles. The molecule has 3 rings (SSSR count). The first kappa shape index (κ1) is 17.2. The Balaban J connectivity index is 1.63. The van der Waals surface area contributed by atoms with Crippen LogP contribution in [0.15, 0.2) is 24.5 Å². The summed E-state index contributed by atoms with van der Waals surface area (Å²) in [6.45, 7) is 9.00. The van der Waals surface area contributed by atoms with E-state index in [1.807, 2.05) is 44.0 Å². The van der Waals surface area contributed by atoms with Crippen molar-refractivity contribution >= 4 is 11.9 Å². The van der Waals surface area contributed by atoms with Gasteiger partial charge in [0.25, 0.3) is 0 Å². The van der Waals surface area contributed by atoms with Crippen molar-refractivity contribution in [2.45, 2.75) is 26.8 Å². The van der Waals surface area contributed by atoms with Crippen LogP contribution in [0.3, 0.4) is 0 Å². The summed E-state index contributed by atoms with van der Waals surface area (Å²) in [7, 11) is 0. The van der Waals surface area contributed by atoms with Gasteiger partial charge in [-0.2, -0.15) is 10.1 Å². The molecule has 1 atom stereocenters. The first-order chi connectivity index (χ1) is 12.1. The van der Waals surface area contributed by atoms with E-state index in [1.165, 1.54) is 0 Å². The molecular formula is C17H24N6O2. The van der Waals surface area contributed by atoms with Crippen LogP contribution in [-0.4, -0.2) is 63.3 Å². The molecule has 1 aliphatic rings. The Morgan fingerprint density at radius 3 is 2.68 bits per heavy atom. The zero-order valence-corrected chi connectivity index (χ0v) is 14.9. The second-order valence-electron chi connectivity index (χ2n) is 6.05. The van der Waals surface area contributed by atoms with Gasteiger partial charge in [0.05, 0.1) is 6.61 Å². The fourth-order valence-corrected chi connectivity index (χ4v) is 2.90. The number of aryl methyl sites for hydroxylation is 1. The fourth-order valence-electron chi connectivity index (χ4n) is 2.90. The third-order valence-electron chi connectivity index (χ3n) is 4.26. The molecule has 134 valence electrons. The van der Waals surface area contributed by atoms with Crippen LogP contribution in [0.25, 0.3) is 0 Å². The van der Waals surface area contributed by atoms with E-state index in [9.17, 15) is 4.79 Å². The number of carbonyl (C=O) groups is 1. The van der Waals surface area contributed by atoms with Crippen LogP contribution < -0.4 is 9.64 Å². The van der Waals surface area contributed by atoms with Gasteiger partial charge < -0.3 is 14.5 Å². The number of piperazine rings is 1. The van der Waals surface area contributed by atoms with E-state index >= 15 is 0 Å². The Hall–Kier alpha value is -2.64. The smallest absolute Gasteiger partial charge is 0.247 e. The minimum absolute atomic E-state index is 0.0866. The van der Waals surface area contributed by atoms with Gasteiger partial charge in [-0.15, -0.1) is 0 Å². The molecule has 1 amide bonds. The van der Waals surface area contributed by atoms with Crippen LogP contribution in [-0.2, 0) is 4.79 Å². The number of rotatable bonds is 5. The van der Waals surface area contributed by atoms with Crippen molar-refractivity contribution in [2.75, 3.05) is 37.7 Å². The predicted octanol–water partition coefficient (Wildman–Crippen LogP) is 1.29. The van der Waals surface area contributed by atoms with Crippen molar-refractivity contribution in [2.24, 2.45) is 0 Å². The van der Waals surface area contributed by atoms with Crippen LogP contribution in [0.2, 0.25) is 0 Å². The molecule has 3 heterocycles. The highest BCUT2D eigenvalue weighted by molar-refractivity contribution is 5.80. The Morgan fingerprint density at radius 2 is 2.04 bits per heavy atom. The van der Waals surface area contributed by atoms with E-state index in [4.69, 9.17) is 4.74 Å². The first-order valence-electron chi connectivity index (χ1n) is 8.60. The van der Waals surface area contributed by atoms with E-state index in [1.54, 1.807) is 10.9 Å². The number of ether oxygens (including phenoxy) is 1. The summed E-state index contributed by atoms with van der Waals surface area (Å²) in [4.78, 5) is 25.6. The summed E-state index contributed by atoms with van der Waals surface area (Å²) in [5.74, 6) is 1.34. The van der Waals surface area contributed by atoms with Crippen molar-refractivity contribution < 1.29 is 9.53 Å². The predicted molar refractivity (Wildman–Crippen MR) is 93.7 cm³/mol. The molecule has 1 unspecified atom stereocenters. The first-order valence-corrected chi connectivity index (χ1v) is 8.60. The summed E-state index contributed by atoms with van der Waals surface area (Å²) in [5, 5.41) is 4.16. The van der Waals surface area contributed by atoms with Crippen LogP contribution in [0, 0.1) is 6.92 Å². The average Bonchev–Trinajstić information content (AvgIpc) is 3.15. The van der Waals surface area contributed by atoms with Gasteiger partial charge in [0.1, 0.15) is 6.04 Å². The highest BCUT2D eigenvalue weighted by Crippen LogP contribution is 2.18. The summed E-state index contributed by atoms with van der Waals surface area (Å²) in [6.07, 6.45) is 3.50. The van der Waals surface area contributed by atoms with Crippen molar-refractivity contribution in [3.05, 3.63) is 30.2 Å². The average molecular weight is 344 g/mol. The summed E-state index contributed by atoms with van der Waals surface area (Å²) in [6, 6.07) is 3.37. The molecule has 0 bridgehead atoms. The Labute approximate surface area is 147 Å². The molecule has 0 aliphatic carbocycles. The molecule has 2 aromatic rings. The summed E-state index contributed by atoms with van der Waals surface area (Å²) >= 11 is 0. The molecule has 0 saturated carbocycles. The Kier molecular flexibility index (Phi) is 5.16. The van der Waals surface area contributed by atoms with Crippen LogP contribution >= 0.6 is 0 Å². The molecule has 0 spiro atoms. The van der Waals surface area contributed by atoms with Crippen LogP contribution in [0.5, 0.6) is 5.88 Å². The van der Waals surface area contributed by atoms with E-state index in [-0.39, 0.29) is 11.9 Å². The molecule has 1 fully saturated rings. The lowest BCUT2D eigenvalue weighted by molar-refractivity contribution is -0.134. The standard InChI is InChI=1S/C17H24N6O2/c1-4-25-15-12-13(2)19-17(20-15)22-10-8-21(9-11-22)16(24)14(3)23-7-5-6-18-23/h5-7,12,14H,4,8-11H2,1-3H3. The maximum absolute atomic E-state index is 12.6. The number of aromatic nitrogens is 4. The van der Waals surface area contributed by atoms with Gasteiger partial charge in [0, 0.05) is 50.3 Å². The second kappa shape index (κ2) is 7.50. The van der Waals surface area contributed by atoms with Gasteiger partial charge in [-0.1, -0.05) is 0 Å². The summed E-state index contributed by atoms with van der Waals surface area (Å²) in [5.41, 5.74) is 0.874. The molecule has 0 aromatic carbocycles. The zero-order chi connectivity index (χ0) is 17.8. The van der Waals surface area contributed by atoms with E-state index in [0.717, 1.165) is 5.69 Å². The van der Waals surface area contributed by atoms with Crippen molar-refractivity contribution in [3.8, 4) is 5.88 Å². The number of hydrogen-bond donors (Lipinski definition) is 0. The lowest BCUT2D eigenvalue weighted by atomic mass is 10.2. The van der Waals surface area contributed by atoms with Crippen LogP contribution in [0.4, 0.5) is 5.95 Å². The lowest BCUT2D eigenvalue weighted by Gasteiger charge is -2.36. The van der Waals surface area contributed by atoms with E-state index < -0.39 is 0 Å². The zero-order valence-electron chi connectivity index (χ0n) is 14.9. The molecule has 1 aliphatic heterocycles. The SMILES string of the molecule is CCOc1cc(C)nc(N2CCN(C(=O)C(C)n3cccn3)CC2)n1. The molecule has 0 N–H and O–H groups in total. The van der Waals surface area contributed by atoms with Gasteiger partial charge in [0.15, 0.2) is 0 Å². The fraction of sp³-hybridized carbons (Fsp3) is 0.529. The monoisotopic (exact) mass is 344 g/mol. The third kappa shape index (κ3) is 3.89. The Bertz CT molecular complexity index is 710. The van der Waals surface area contributed by atoms with Gasteiger partial charge in [-0.3, -0.25) is 9.48 Å².